The van der Waals surface area contributed by atoms with Crippen LogP contribution >= 0.6 is 27.5 Å². The van der Waals surface area contributed by atoms with Crippen LogP contribution in [0, 0.1) is 5.41 Å². The summed E-state index contributed by atoms with van der Waals surface area (Å²) >= 11 is 9.76. The van der Waals surface area contributed by atoms with E-state index >= 15 is 0 Å². The average molecular weight is 506 g/mol. The van der Waals surface area contributed by atoms with E-state index in [1.165, 1.54) is 12.1 Å². The highest BCUT2D eigenvalue weighted by Crippen LogP contribution is 2.46. The molecule has 2 atom stereocenters. The van der Waals surface area contributed by atoms with Crippen molar-refractivity contribution in [2.45, 2.75) is 45.2 Å². The molecule has 2 heterocycles. The summed E-state index contributed by atoms with van der Waals surface area (Å²) in [6.07, 6.45) is 5.45. The molecule has 1 saturated carbocycles. The zero-order valence-corrected chi connectivity index (χ0v) is 20.0. The van der Waals surface area contributed by atoms with E-state index in [1.807, 2.05) is 12.3 Å². The number of nitrogens with one attached hydrogen (secondary N) is 1. The number of fused-ring (bicyclic) bond motifs is 1. The van der Waals surface area contributed by atoms with Gasteiger partial charge in [-0.15, -0.1) is 0 Å². The van der Waals surface area contributed by atoms with Crippen molar-refractivity contribution in [2.75, 3.05) is 5.32 Å². The van der Waals surface area contributed by atoms with Crippen LogP contribution in [0.15, 0.2) is 46.1 Å². The van der Waals surface area contributed by atoms with Gasteiger partial charge in [0.1, 0.15) is 11.6 Å². The molecule has 0 bridgehead atoms. The van der Waals surface area contributed by atoms with E-state index in [9.17, 15) is 5.11 Å². The second-order valence-corrected chi connectivity index (χ2v) is 10.3. The van der Waals surface area contributed by atoms with Crippen LogP contribution in [0.5, 0.6) is 5.75 Å². The van der Waals surface area contributed by atoms with E-state index in [0.29, 0.717) is 16.3 Å². The molecule has 1 aromatic carbocycles. The summed E-state index contributed by atoms with van der Waals surface area (Å²) in [7, 11) is 0. The predicted molar refractivity (Wildman–Crippen MR) is 129 cm³/mol. The van der Waals surface area contributed by atoms with Gasteiger partial charge < -0.3 is 21.9 Å². The Kier molecular flexibility index (Phi) is 5.44. The molecule has 0 unspecified atom stereocenters. The van der Waals surface area contributed by atoms with Crippen molar-refractivity contribution >= 4 is 50.3 Å². The van der Waals surface area contributed by atoms with Crippen LogP contribution in [0.4, 0.5) is 11.4 Å². The minimum atomic E-state index is -0.282. The van der Waals surface area contributed by atoms with E-state index in [0.717, 1.165) is 28.5 Å². The second-order valence-electron chi connectivity index (χ2n) is 8.93. The topological polar surface area (TPSA) is 114 Å². The highest BCUT2D eigenvalue weighted by Gasteiger charge is 2.49. The molecular weight excluding hydrogens is 480 g/mol. The highest BCUT2D eigenvalue weighted by molar-refractivity contribution is 9.10. The van der Waals surface area contributed by atoms with Crippen LogP contribution < -0.4 is 16.8 Å². The first kappa shape index (κ1) is 21.9. The molecule has 0 spiro atoms. The summed E-state index contributed by atoms with van der Waals surface area (Å²) in [6.45, 7) is 6.49. The van der Waals surface area contributed by atoms with Crippen LogP contribution in [-0.2, 0) is 0 Å². The van der Waals surface area contributed by atoms with Gasteiger partial charge in [0.05, 0.1) is 33.7 Å². The van der Waals surface area contributed by atoms with Gasteiger partial charge in [0.15, 0.2) is 0 Å². The number of phenols is 1. The lowest BCUT2D eigenvalue weighted by Gasteiger charge is -2.39. The van der Waals surface area contributed by atoms with Gasteiger partial charge in [-0.3, -0.25) is 0 Å². The Morgan fingerprint density at radius 1 is 1.35 bits per heavy atom. The molecule has 164 valence electrons. The fourth-order valence-electron chi connectivity index (χ4n) is 4.10. The maximum Gasteiger partial charge on any atom is 0.135 e. The minimum absolute atomic E-state index is 0.0688. The van der Waals surface area contributed by atoms with Crippen molar-refractivity contribution in [3.05, 3.63) is 51.7 Å². The van der Waals surface area contributed by atoms with E-state index in [1.54, 1.807) is 16.8 Å². The molecule has 4 rings (SSSR count). The molecule has 0 radical (unpaired) electrons. The van der Waals surface area contributed by atoms with Crippen molar-refractivity contribution in [3.8, 4) is 5.75 Å². The van der Waals surface area contributed by atoms with Gasteiger partial charge in [-0.25, -0.2) is 9.51 Å². The van der Waals surface area contributed by atoms with E-state index in [-0.39, 0.29) is 28.6 Å². The number of nitrogens with two attached hydrogens (primary N) is 2. The second kappa shape index (κ2) is 7.69. The lowest BCUT2D eigenvalue weighted by atomic mass is 9.75. The van der Waals surface area contributed by atoms with Crippen molar-refractivity contribution in [2.24, 2.45) is 21.9 Å². The van der Waals surface area contributed by atoms with Gasteiger partial charge >= 0.3 is 0 Å². The van der Waals surface area contributed by atoms with Crippen LogP contribution in [0.1, 0.15) is 39.2 Å². The van der Waals surface area contributed by atoms with Crippen molar-refractivity contribution in [3.63, 3.8) is 0 Å². The fourth-order valence-corrected chi connectivity index (χ4v) is 4.73. The molecule has 7 nitrogen and oxygen atoms in total. The standard InChI is InChI=1S/C22H26BrClN6O/c1-21(2)18(6-7-22(21,3)26)29-19-14(10-27-30-11-12(23)8-17(19)30)20(25)28-16-5-4-13(31)9-15(16)24/h4-5,8-11,18,29,31H,6-7,26H2,1-3H3,(H2,25,28)/t18-,22+/m1/s1. The molecule has 0 aliphatic heterocycles. The smallest absolute Gasteiger partial charge is 0.135 e. The molecule has 6 N–H and O–H groups in total. The van der Waals surface area contributed by atoms with Gasteiger partial charge in [0.25, 0.3) is 0 Å². The first-order valence-corrected chi connectivity index (χ1v) is 11.2. The summed E-state index contributed by atoms with van der Waals surface area (Å²) in [5, 5.41) is 18.1. The lowest BCUT2D eigenvalue weighted by molar-refractivity contribution is 0.215. The zero-order chi connectivity index (χ0) is 22.6. The molecule has 9 heteroatoms. The Morgan fingerprint density at radius 2 is 2.10 bits per heavy atom. The minimum Gasteiger partial charge on any atom is -0.508 e. The summed E-state index contributed by atoms with van der Waals surface area (Å²) in [4.78, 5) is 4.51. The molecule has 1 aliphatic rings. The third-order valence-electron chi connectivity index (χ3n) is 6.67. The third-order valence-corrected chi connectivity index (χ3v) is 7.40. The number of amidine groups is 1. The highest BCUT2D eigenvalue weighted by atomic mass is 79.9. The normalized spacial score (nSPS) is 23.4. The van der Waals surface area contributed by atoms with Crippen molar-refractivity contribution in [1.82, 2.24) is 9.61 Å². The Hall–Kier alpha value is -2.29. The number of rotatable bonds is 4. The average Bonchev–Trinajstić information content (AvgIpc) is 3.15. The summed E-state index contributed by atoms with van der Waals surface area (Å²) in [5.74, 6) is 0.341. The summed E-state index contributed by atoms with van der Waals surface area (Å²) in [6, 6.07) is 6.71. The number of anilines is 1. The largest absolute Gasteiger partial charge is 0.508 e. The van der Waals surface area contributed by atoms with E-state index in [4.69, 9.17) is 23.1 Å². The van der Waals surface area contributed by atoms with Crippen LogP contribution in [-0.4, -0.2) is 32.1 Å². The number of benzene rings is 1. The number of aromatic hydroxyl groups is 1. The number of hydrogen-bond donors (Lipinski definition) is 4. The van der Waals surface area contributed by atoms with Gasteiger partial charge in [0.2, 0.25) is 0 Å². The maximum atomic E-state index is 9.60. The molecule has 0 saturated heterocycles. The SMILES string of the molecule is CC1(C)[C@H](Nc2c(C(N)=Nc3ccc(O)cc3Cl)cnn3cc(Br)cc23)CC[C@]1(C)N. The summed E-state index contributed by atoms with van der Waals surface area (Å²) < 4.78 is 2.70. The Morgan fingerprint density at radius 3 is 2.74 bits per heavy atom. The first-order valence-electron chi connectivity index (χ1n) is 10.0. The van der Waals surface area contributed by atoms with Crippen LogP contribution in [0.25, 0.3) is 5.52 Å². The third kappa shape index (κ3) is 3.88. The van der Waals surface area contributed by atoms with Crippen LogP contribution in [0.2, 0.25) is 5.02 Å². The number of hydrogen-bond acceptors (Lipinski definition) is 5. The van der Waals surface area contributed by atoms with Gasteiger partial charge in [-0.2, -0.15) is 5.10 Å². The Bertz CT molecular complexity index is 1190. The monoisotopic (exact) mass is 504 g/mol. The number of phenolic OH excluding ortho intramolecular Hbond substituents is 1. The first-order chi connectivity index (χ1) is 14.5. The molecule has 1 fully saturated rings. The predicted octanol–water partition coefficient (Wildman–Crippen LogP) is 4.81. The Balaban J connectivity index is 1.82. The number of nitrogens with zero attached hydrogens (tertiary/aromatic N) is 3. The van der Waals surface area contributed by atoms with Crippen molar-refractivity contribution < 1.29 is 5.11 Å². The molecular formula is C22H26BrClN6O. The quantitative estimate of drug-likeness (QED) is 0.300. The van der Waals surface area contributed by atoms with Crippen molar-refractivity contribution in [1.29, 1.82) is 0 Å². The number of aliphatic imine (C=N–C) groups is 1. The lowest BCUT2D eigenvalue weighted by Crippen LogP contribution is -2.51. The fraction of sp³-hybridized carbons (Fsp3) is 0.364. The molecule has 2 aromatic heterocycles. The molecule has 1 aliphatic carbocycles. The Labute approximate surface area is 194 Å². The zero-order valence-electron chi connectivity index (χ0n) is 17.7. The van der Waals surface area contributed by atoms with Gasteiger partial charge in [-0.05, 0) is 53.9 Å². The molecule has 31 heavy (non-hydrogen) atoms. The molecule has 0 amide bonds. The van der Waals surface area contributed by atoms with Gasteiger partial charge in [-0.1, -0.05) is 25.4 Å². The van der Waals surface area contributed by atoms with Crippen LogP contribution in [0.3, 0.4) is 0 Å². The van der Waals surface area contributed by atoms with E-state index < -0.39 is 0 Å². The van der Waals surface area contributed by atoms with E-state index in [2.05, 4.69) is 52.1 Å². The molecule has 3 aromatic rings. The number of halogens is 2. The maximum absolute atomic E-state index is 9.60. The number of aromatic nitrogens is 2. The van der Waals surface area contributed by atoms with Gasteiger partial charge in [0, 0.05) is 33.7 Å². The summed E-state index contributed by atoms with van der Waals surface area (Å²) in [5.41, 5.74) is 15.5.